The number of nitrogens with zero attached hydrogens (tertiary/aromatic N) is 2. The molecule has 0 fully saturated rings. The Kier molecular flexibility index (Phi) is 4.10. The molecular formula is C18H15FN4. The third-order valence-electron chi connectivity index (χ3n) is 3.51. The first-order chi connectivity index (χ1) is 11.2. The van der Waals surface area contributed by atoms with E-state index < -0.39 is 0 Å². The van der Waals surface area contributed by atoms with Crippen LogP contribution < -0.4 is 5.32 Å². The SMILES string of the molecule is Cc1cc(Nc2ccc(F)cc2)c(C=N)cc1-c1cnccn1. The van der Waals surface area contributed by atoms with Gasteiger partial charge in [-0.2, -0.15) is 0 Å². The maximum atomic E-state index is 13.0. The molecule has 0 aliphatic rings. The summed E-state index contributed by atoms with van der Waals surface area (Å²) in [5, 5.41) is 10.9. The van der Waals surface area contributed by atoms with Gasteiger partial charge >= 0.3 is 0 Å². The summed E-state index contributed by atoms with van der Waals surface area (Å²) in [5.41, 5.74) is 4.99. The topological polar surface area (TPSA) is 61.7 Å². The smallest absolute Gasteiger partial charge is 0.123 e. The minimum Gasteiger partial charge on any atom is -0.355 e. The zero-order chi connectivity index (χ0) is 16.2. The molecule has 0 saturated carbocycles. The van der Waals surface area contributed by atoms with Crippen LogP contribution in [0.5, 0.6) is 0 Å². The summed E-state index contributed by atoms with van der Waals surface area (Å²) in [6, 6.07) is 9.97. The van der Waals surface area contributed by atoms with Gasteiger partial charge < -0.3 is 10.7 Å². The number of hydrogen-bond donors (Lipinski definition) is 2. The lowest BCUT2D eigenvalue weighted by atomic mass is 10.0. The van der Waals surface area contributed by atoms with Crippen molar-refractivity contribution < 1.29 is 4.39 Å². The lowest BCUT2D eigenvalue weighted by Crippen LogP contribution is -1.98. The number of anilines is 2. The quantitative estimate of drug-likeness (QED) is 0.705. The van der Waals surface area contributed by atoms with Crippen molar-refractivity contribution in [1.82, 2.24) is 9.97 Å². The van der Waals surface area contributed by atoms with E-state index >= 15 is 0 Å². The molecule has 0 atom stereocenters. The van der Waals surface area contributed by atoms with E-state index in [1.807, 2.05) is 19.1 Å². The molecule has 0 aliphatic heterocycles. The van der Waals surface area contributed by atoms with Gasteiger partial charge in [0.2, 0.25) is 0 Å². The summed E-state index contributed by atoms with van der Waals surface area (Å²) in [7, 11) is 0. The fourth-order valence-electron chi connectivity index (χ4n) is 2.36. The van der Waals surface area contributed by atoms with Crippen LogP contribution in [0, 0.1) is 18.2 Å². The lowest BCUT2D eigenvalue weighted by Gasteiger charge is -2.13. The van der Waals surface area contributed by atoms with Gasteiger partial charge in [0.25, 0.3) is 0 Å². The van der Waals surface area contributed by atoms with Gasteiger partial charge in [-0.15, -0.1) is 0 Å². The first kappa shape index (κ1) is 14.8. The van der Waals surface area contributed by atoms with E-state index in [2.05, 4.69) is 15.3 Å². The Bertz CT molecular complexity index is 830. The molecule has 0 saturated heterocycles. The summed E-state index contributed by atoms with van der Waals surface area (Å²) >= 11 is 0. The Morgan fingerprint density at radius 3 is 2.57 bits per heavy atom. The minimum absolute atomic E-state index is 0.281. The summed E-state index contributed by atoms with van der Waals surface area (Å²) in [4.78, 5) is 8.39. The number of nitrogens with one attached hydrogen (secondary N) is 2. The van der Waals surface area contributed by atoms with Crippen molar-refractivity contribution in [2.75, 3.05) is 5.32 Å². The highest BCUT2D eigenvalue weighted by Gasteiger charge is 2.09. The van der Waals surface area contributed by atoms with E-state index in [0.717, 1.165) is 33.8 Å². The molecule has 23 heavy (non-hydrogen) atoms. The highest BCUT2D eigenvalue weighted by Crippen LogP contribution is 2.29. The van der Waals surface area contributed by atoms with E-state index in [9.17, 15) is 4.39 Å². The molecule has 0 amide bonds. The summed E-state index contributed by atoms with van der Waals surface area (Å²) < 4.78 is 13.0. The zero-order valence-corrected chi connectivity index (χ0v) is 12.5. The van der Waals surface area contributed by atoms with Crippen LogP contribution in [-0.2, 0) is 0 Å². The third kappa shape index (κ3) is 3.23. The summed E-state index contributed by atoms with van der Waals surface area (Å²) in [5.74, 6) is -0.281. The van der Waals surface area contributed by atoms with Crippen molar-refractivity contribution in [3.63, 3.8) is 0 Å². The van der Waals surface area contributed by atoms with Gasteiger partial charge in [0.15, 0.2) is 0 Å². The van der Waals surface area contributed by atoms with E-state index in [1.165, 1.54) is 18.3 Å². The molecule has 4 nitrogen and oxygen atoms in total. The highest BCUT2D eigenvalue weighted by molar-refractivity contribution is 5.90. The molecule has 1 heterocycles. The van der Waals surface area contributed by atoms with Crippen LogP contribution in [-0.4, -0.2) is 16.2 Å². The third-order valence-corrected chi connectivity index (χ3v) is 3.51. The van der Waals surface area contributed by atoms with E-state index in [-0.39, 0.29) is 5.82 Å². The number of benzene rings is 2. The molecule has 0 bridgehead atoms. The van der Waals surface area contributed by atoms with Crippen molar-refractivity contribution in [3.05, 3.63) is 71.9 Å². The van der Waals surface area contributed by atoms with Gasteiger partial charge in [0, 0.05) is 41.1 Å². The van der Waals surface area contributed by atoms with Crippen molar-refractivity contribution in [3.8, 4) is 11.3 Å². The fraction of sp³-hybridized carbons (Fsp3) is 0.0556. The molecule has 2 N–H and O–H groups in total. The summed E-state index contributed by atoms with van der Waals surface area (Å²) in [6.07, 6.45) is 6.25. The standard InChI is InChI=1S/C18H15FN4/c1-12-8-17(23-15-4-2-14(19)3-5-15)13(10-20)9-16(12)18-11-21-6-7-22-18/h2-11,20,23H,1H3. The predicted molar refractivity (Wildman–Crippen MR) is 89.8 cm³/mol. The lowest BCUT2D eigenvalue weighted by molar-refractivity contribution is 0.628. The van der Waals surface area contributed by atoms with Crippen molar-refractivity contribution in [2.45, 2.75) is 6.92 Å². The van der Waals surface area contributed by atoms with Gasteiger partial charge in [0.1, 0.15) is 5.82 Å². The first-order valence-corrected chi connectivity index (χ1v) is 7.11. The van der Waals surface area contributed by atoms with Gasteiger partial charge in [-0.1, -0.05) is 0 Å². The molecule has 2 aromatic carbocycles. The number of halogens is 1. The van der Waals surface area contributed by atoms with Crippen molar-refractivity contribution in [2.24, 2.45) is 0 Å². The van der Waals surface area contributed by atoms with Crippen LogP contribution >= 0.6 is 0 Å². The van der Waals surface area contributed by atoms with Gasteiger partial charge in [-0.3, -0.25) is 9.97 Å². The zero-order valence-electron chi connectivity index (χ0n) is 12.5. The van der Waals surface area contributed by atoms with Crippen LogP contribution in [0.2, 0.25) is 0 Å². The molecule has 5 heteroatoms. The van der Waals surface area contributed by atoms with Crippen LogP contribution in [0.1, 0.15) is 11.1 Å². The van der Waals surface area contributed by atoms with Crippen molar-refractivity contribution >= 4 is 17.6 Å². The molecule has 3 rings (SSSR count). The maximum Gasteiger partial charge on any atom is 0.123 e. The van der Waals surface area contributed by atoms with E-state index in [4.69, 9.17) is 5.41 Å². The van der Waals surface area contributed by atoms with Crippen LogP contribution in [0.15, 0.2) is 55.0 Å². The molecule has 1 aromatic heterocycles. The van der Waals surface area contributed by atoms with Gasteiger partial charge in [-0.05, 0) is 48.9 Å². The van der Waals surface area contributed by atoms with Crippen LogP contribution in [0.3, 0.4) is 0 Å². The Hall–Kier alpha value is -3.08. The Morgan fingerprint density at radius 2 is 1.91 bits per heavy atom. The average Bonchev–Trinajstić information content (AvgIpc) is 2.58. The highest BCUT2D eigenvalue weighted by atomic mass is 19.1. The van der Waals surface area contributed by atoms with Crippen molar-refractivity contribution in [1.29, 1.82) is 5.41 Å². The molecule has 114 valence electrons. The number of aromatic nitrogens is 2. The molecule has 0 radical (unpaired) electrons. The molecule has 3 aromatic rings. The summed E-state index contributed by atoms with van der Waals surface area (Å²) in [6.45, 7) is 1.98. The monoisotopic (exact) mass is 306 g/mol. The Balaban J connectivity index is 2.00. The number of aryl methyl sites for hydroxylation is 1. The normalized spacial score (nSPS) is 10.3. The molecule has 0 aliphatic carbocycles. The second kappa shape index (κ2) is 6.36. The first-order valence-electron chi connectivity index (χ1n) is 7.11. The molecule has 0 spiro atoms. The maximum absolute atomic E-state index is 13.0. The van der Waals surface area contributed by atoms with E-state index in [1.54, 1.807) is 30.7 Å². The van der Waals surface area contributed by atoms with Crippen LogP contribution in [0.4, 0.5) is 15.8 Å². The van der Waals surface area contributed by atoms with Gasteiger partial charge in [-0.25, -0.2) is 4.39 Å². The number of hydrogen-bond acceptors (Lipinski definition) is 4. The minimum atomic E-state index is -0.281. The van der Waals surface area contributed by atoms with Gasteiger partial charge in [0.05, 0.1) is 11.9 Å². The second-order valence-electron chi connectivity index (χ2n) is 5.12. The van der Waals surface area contributed by atoms with E-state index in [0.29, 0.717) is 0 Å². The Labute approximate surface area is 133 Å². The molecule has 0 unspecified atom stereocenters. The predicted octanol–water partition coefficient (Wildman–Crippen LogP) is 4.33. The van der Waals surface area contributed by atoms with Crippen LogP contribution in [0.25, 0.3) is 11.3 Å². The largest absolute Gasteiger partial charge is 0.355 e. The average molecular weight is 306 g/mol. The number of rotatable bonds is 4. The fourth-order valence-corrected chi connectivity index (χ4v) is 2.36. The Morgan fingerprint density at radius 1 is 1.13 bits per heavy atom. The molecular weight excluding hydrogens is 291 g/mol. The second-order valence-corrected chi connectivity index (χ2v) is 5.12.